The molecule has 10 heavy (non-hydrogen) atoms. The maximum atomic E-state index is 5.12. The number of hydrogen-bond acceptors (Lipinski definition) is 2. The number of ether oxygens (including phenoxy) is 1. The van der Waals surface area contributed by atoms with Gasteiger partial charge in [0.1, 0.15) is 0 Å². The lowest BCUT2D eigenvalue weighted by atomic mass is 9.99. The van der Waals surface area contributed by atoms with Gasteiger partial charge in [-0.05, 0) is 19.8 Å². The summed E-state index contributed by atoms with van der Waals surface area (Å²) in [5, 5.41) is 0. The van der Waals surface area contributed by atoms with Crippen LogP contribution in [0.5, 0.6) is 0 Å². The Morgan fingerprint density at radius 3 is 2.60 bits per heavy atom. The van der Waals surface area contributed by atoms with E-state index < -0.39 is 0 Å². The van der Waals surface area contributed by atoms with E-state index in [0.29, 0.717) is 12.0 Å². The predicted molar refractivity (Wildman–Crippen MR) is 42.3 cm³/mol. The second-order valence-corrected chi connectivity index (χ2v) is 3.00. The fraction of sp³-hybridized carbons (Fsp3) is 0.875. The topological polar surface area (TPSA) is 21.6 Å². The van der Waals surface area contributed by atoms with Crippen LogP contribution in [0.25, 0.3) is 0 Å². The van der Waals surface area contributed by atoms with Crippen molar-refractivity contribution in [2.75, 3.05) is 7.11 Å². The van der Waals surface area contributed by atoms with Crippen LogP contribution in [0.3, 0.4) is 0 Å². The average Bonchev–Trinajstić information content (AvgIpc) is 1.94. The molecule has 0 saturated carbocycles. The second-order valence-electron chi connectivity index (χ2n) is 3.00. The van der Waals surface area contributed by atoms with E-state index in [4.69, 9.17) is 4.74 Å². The third-order valence-electron chi connectivity index (χ3n) is 2.00. The molecule has 0 aliphatic carbocycles. The zero-order chi connectivity index (χ0) is 7.56. The first-order valence-electron chi connectivity index (χ1n) is 3.85. The molecule has 1 rings (SSSR count). The summed E-state index contributed by atoms with van der Waals surface area (Å²) in [6.07, 6.45) is 2.42. The molecule has 0 bridgehead atoms. The van der Waals surface area contributed by atoms with Crippen molar-refractivity contribution in [1.29, 1.82) is 0 Å². The van der Waals surface area contributed by atoms with E-state index in [0.717, 1.165) is 5.90 Å². The maximum Gasteiger partial charge on any atom is 0.186 e. The zero-order valence-electron chi connectivity index (χ0n) is 6.92. The Balaban J connectivity index is 2.62. The van der Waals surface area contributed by atoms with E-state index in [1.54, 1.807) is 7.11 Å². The molecule has 2 unspecified atom stereocenters. The van der Waals surface area contributed by atoms with Gasteiger partial charge in [-0.2, -0.15) is 0 Å². The van der Waals surface area contributed by atoms with Crippen molar-refractivity contribution in [3.05, 3.63) is 0 Å². The fourth-order valence-corrected chi connectivity index (χ4v) is 1.28. The molecule has 0 spiro atoms. The molecule has 0 N–H and O–H groups in total. The van der Waals surface area contributed by atoms with Crippen LogP contribution in [0.2, 0.25) is 0 Å². The lowest BCUT2D eigenvalue weighted by Crippen LogP contribution is -2.22. The third-order valence-corrected chi connectivity index (χ3v) is 2.00. The predicted octanol–water partition coefficient (Wildman–Crippen LogP) is 1.85. The number of hydrogen-bond donors (Lipinski definition) is 0. The molecule has 1 aliphatic rings. The summed E-state index contributed by atoms with van der Waals surface area (Å²) in [6.45, 7) is 4.29. The Labute approximate surface area is 62.3 Å². The molecule has 0 aromatic carbocycles. The van der Waals surface area contributed by atoms with Gasteiger partial charge in [-0.15, -0.1) is 0 Å². The van der Waals surface area contributed by atoms with Gasteiger partial charge < -0.3 is 4.74 Å². The molecule has 0 saturated heterocycles. The van der Waals surface area contributed by atoms with Crippen molar-refractivity contribution in [1.82, 2.24) is 0 Å². The largest absolute Gasteiger partial charge is 0.484 e. The number of methoxy groups -OCH3 is 1. The van der Waals surface area contributed by atoms with Crippen LogP contribution in [0.4, 0.5) is 0 Å². The van der Waals surface area contributed by atoms with Gasteiger partial charge in [-0.25, -0.2) is 0 Å². The number of rotatable bonds is 0. The minimum absolute atomic E-state index is 0.464. The van der Waals surface area contributed by atoms with E-state index in [2.05, 4.69) is 18.8 Å². The standard InChI is InChI=1S/C8H15NO/c1-6-4-5-7(2)9-8(6)10-3/h6-7H,4-5H2,1-3H3. The molecular weight excluding hydrogens is 126 g/mol. The Bertz CT molecular complexity index is 142. The molecule has 0 aromatic rings. The lowest BCUT2D eigenvalue weighted by Gasteiger charge is -2.21. The molecule has 0 amide bonds. The van der Waals surface area contributed by atoms with Crippen LogP contribution in [0.15, 0.2) is 4.99 Å². The summed E-state index contributed by atoms with van der Waals surface area (Å²) >= 11 is 0. The summed E-state index contributed by atoms with van der Waals surface area (Å²) in [7, 11) is 1.70. The van der Waals surface area contributed by atoms with Crippen molar-refractivity contribution in [3.63, 3.8) is 0 Å². The third kappa shape index (κ3) is 1.49. The van der Waals surface area contributed by atoms with Crippen molar-refractivity contribution in [3.8, 4) is 0 Å². The van der Waals surface area contributed by atoms with E-state index >= 15 is 0 Å². The smallest absolute Gasteiger partial charge is 0.186 e. The molecular formula is C8H15NO. The minimum atomic E-state index is 0.464. The molecule has 0 radical (unpaired) electrons. The van der Waals surface area contributed by atoms with Crippen LogP contribution in [-0.4, -0.2) is 19.0 Å². The second kappa shape index (κ2) is 3.04. The Morgan fingerprint density at radius 1 is 1.40 bits per heavy atom. The van der Waals surface area contributed by atoms with Crippen LogP contribution >= 0.6 is 0 Å². The van der Waals surface area contributed by atoms with E-state index in [1.807, 2.05) is 0 Å². The van der Waals surface area contributed by atoms with Gasteiger partial charge in [-0.3, -0.25) is 4.99 Å². The van der Waals surface area contributed by atoms with Gasteiger partial charge in [0.15, 0.2) is 5.90 Å². The Morgan fingerprint density at radius 2 is 2.10 bits per heavy atom. The molecule has 0 fully saturated rings. The molecule has 2 heteroatoms. The van der Waals surface area contributed by atoms with Crippen molar-refractivity contribution >= 4 is 5.90 Å². The van der Waals surface area contributed by atoms with E-state index in [1.165, 1.54) is 12.8 Å². The van der Waals surface area contributed by atoms with Crippen molar-refractivity contribution in [2.45, 2.75) is 32.7 Å². The quantitative estimate of drug-likeness (QED) is 0.504. The first kappa shape index (κ1) is 7.58. The van der Waals surface area contributed by atoms with E-state index in [-0.39, 0.29) is 0 Å². The SMILES string of the molecule is COC1=NC(C)CCC1C. The van der Waals surface area contributed by atoms with Crippen LogP contribution in [-0.2, 0) is 4.74 Å². The highest BCUT2D eigenvalue weighted by Gasteiger charge is 2.18. The highest BCUT2D eigenvalue weighted by atomic mass is 16.5. The summed E-state index contributed by atoms with van der Waals surface area (Å²) in [5.41, 5.74) is 0. The van der Waals surface area contributed by atoms with Gasteiger partial charge in [0.05, 0.1) is 13.2 Å². The van der Waals surface area contributed by atoms with Gasteiger partial charge in [0, 0.05) is 5.92 Å². The van der Waals surface area contributed by atoms with Crippen molar-refractivity contribution < 1.29 is 4.74 Å². The highest BCUT2D eigenvalue weighted by molar-refractivity contribution is 5.79. The summed E-state index contributed by atoms with van der Waals surface area (Å²) < 4.78 is 5.12. The Kier molecular flexibility index (Phi) is 2.30. The number of nitrogens with zero attached hydrogens (tertiary/aromatic N) is 1. The minimum Gasteiger partial charge on any atom is -0.484 e. The number of aliphatic imine (C=N–C) groups is 1. The highest BCUT2D eigenvalue weighted by Crippen LogP contribution is 2.18. The van der Waals surface area contributed by atoms with Gasteiger partial charge in [0.25, 0.3) is 0 Å². The summed E-state index contributed by atoms with van der Waals surface area (Å²) in [4.78, 5) is 4.38. The van der Waals surface area contributed by atoms with Crippen LogP contribution in [0.1, 0.15) is 26.7 Å². The summed E-state index contributed by atoms with van der Waals surface area (Å²) in [6, 6.07) is 0.464. The molecule has 2 nitrogen and oxygen atoms in total. The van der Waals surface area contributed by atoms with Gasteiger partial charge in [-0.1, -0.05) is 6.92 Å². The Hall–Kier alpha value is -0.530. The molecule has 1 aliphatic heterocycles. The van der Waals surface area contributed by atoms with Crippen LogP contribution < -0.4 is 0 Å². The molecule has 0 aromatic heterocycles. The fourth-order valence-electron chi connectivity index (χ4n) is 1.28. The average molecular weight is 141 g/mol. The van der Waals surface area contributed by atoms with Gasteiger partial charge >= 0.3 is 0 Å². The first-order chi connectivity index (χ1) is 4.74. The molecule has 2 atom stereocenters. The maximum absolute atomic E-state index is 5.12. The van der Waals surface area contributed by atoms with Gasteiger partial charge in [0.2, 0.25) is 0 Å². The summed E-state index contributed by atoms with van der Waals surface area (Å²) in [5.74, 6) is 1.46. The molecule has 1 heterocycles. The lowest BCUT2D eigenvalue weighted by molar-refractivity contribution is 0.340. The van der Waals surface area contributed by atoms with Crippen molar-refractivity contribution in [2.24, 2.45) is 10.9 Å². The normalized spacial score (nSPS) is 33.3. The monoisotopic (exact) mass is 141 g/mol. The zero-order valence-corrected chi connectivity index (χ0v) is 6.92. The molecule has 58 valence electrons. The van der Waals surface area contributed by atoms with E-state index in [9.17, 15) is 0 Å². The first-order valence-corrected chi connectivity index (χ1v) is 3.85. The van der Waals surface area contributed by atoms with Crippen LogP contribution in [0, 0.1) is 5.92 Å².